The number of benzene rings is 2. The molecule has 0 spiro atoms. The van der Waals surface area contributed by atoms with Crippen molar-refractivity contribution in [2.75, 3.05) is 27.4 Å². The van der Waals surface area contributed by atoms with Gasteiger partial charge in [0.25, 0.3) is 0 Å². The van der Waals surface area contributed by atoms with E-state index in [1.807, 2.05) is 48.7 Å². The number of carbonyl (C=O) groups excluding carboxylic acids is 1. The number of ether oxygens (including phenoxy) is 4. The van der Waals surface area contributed by atoms with Crippen LogP contribution >= 0.6 is 0 Å². The minimum absolute atomic E-state index is 0.175. The zero-order valence-electron chi connectivity index (χ0n) is 15.5. The number of methoxy groups -OCH3 is 2. The summed E-state index contributed by atoms with van der Waals surface area (Å²) in [6.07, 6.45) is 1.98. The Morgan fingerprint density at radius 2 is 1.85 bits per heavy atom. The average molecular weight is 369 g/mol. The molecular weight excluding hydrogens is 346 g/mol. The molecule has 0 saturated carbocycles. The van der Waals surface area contributed by atoms with Gasteiger partial charge in [-0.1, -0.05) is 30.3 Å². The molecule has 2 aromatic carbocycles. The van der Waals surface area contributed by atoms with Crippen LogP contribution in [-0.2, 0) is 27.3 Å². The second-order valence-corrected chi connectivity index (χ2v) is 6.03. The first-order valence-electron chi connectivity index (χ1n) is 8.70. The fourth-order valence-electron chi connectivity index (χ4n) is 2.79. The van der Waals surface area contributed by atoms with E-state index < -0.39 is 0 Å². The molecule has 1 aromatic heterocycles. The molecule has 0 radical (unpaired) electrons. The number of fused-ring (bicyclic) bond motifs is 1. The van der Waals surface area contributed by atoms with E-state index in [9.17, 15) is 4.79 Å². The third kappa shape index (κ3) is 4.80. The number of hydrogen-bond acceptors (Lipinski definition) is 5. The van der Waals surface area contributed by atoms with Gasteiger partial charge in [-0.25, -0.2) is 0 Å². The molecule has 0 aliphatic rings. The maximum absolute atomic E-state index is 12.0. The van der Waals surface area contributed by atoms with Gasteiger partial charge >= 0.3 is 5.97 Å². The molecule has 142 valence electrons. The maximum Gasteiger partial charge on any atom is 0.310 e. The number of H-pyrrole nitrogens is 1. The number of aromatic nitrogens is 1. The summed E-state index contributed by atoms with van der Waals surface area (Å²) in [4.78, 5) is 15.2. The van der Waals surface area contributed by atoms with Gasteiger partial charge in [0.05, 0.1) is 20.1 Å². The van der Waals surface area contributed by atoms with Crippen LogP contribution in [0.15, 0.2) is 48.7 Å². The fraction of sp³-hybridized carbons (Fsp3) is 0.286. The van der Waals surface area contributed by atoms with Crippen LogP contribution in [0.25, 0.3) is 10.9 Å². The summed E-state index contributed by atoms with van der Waals surface area (Å²) in [5.74, 6) is 0.965. The van der Waals surface area contributed by atoms with Gasteiger partial charge in [0.1, 0.15) is 13.2 Å². The predicted octanol–water partition coefficient (Wildman–Crippen LogP) is 3.49. The summed E-state index contributed by atoms with van der Waals surface area (Å²) >= 11 is 0. The van der Waals surface area contributed by atoms with E-state index >= 15 is 0 Å². The minimum atomic E-state index is -0.296. The van der Waals surface area contributed by atoms with E-state index in [4.69, 9.17) is 18.9 Å². The van der Waals surface area contributed by atoms with Gasteiger partial charge in [0.15, 0.2) is 11.5 Å². The Labute approximate surface area is 158 Å². The molecule has 0 saturated heterocycles. The Morgan fingerprint density at radius 1 is 1.04 bits per heavy atom. The van der Waals surface area contributed by atoms with E-state index in [1.165, 1.54) is 0 Å². The van der Waals surface area contributed by atoms with E-state index in [1.54, 1.807) is 14.2 Å². The van der Waals surface area contributed by atoms with Crippen LogP contribution in [0.3, 0.4) is 0 Å². The lowest BCUT2D eigenvalue weighted by Gasteiger charge is -2.11. The van der Waals surface area contributed by atoms with Crippen LogP contribution in [0.2, 0.25) is 0 Å². The number of nitrogens with one attached hydrogen (secondary N) is 1. The van der Waals surface area contributed by atoms with E-state index in [0.717, 1.165) is 22.0 Å². The molecule has 0 bridgehead atoms. The number of hydrogen-bond donors (Lipinski definition) is 1. The number of carbonyl (C=O) groups is 1. The highest BCUT2D eigenvalue weighted by atomic mass is 16.6. The molecule has 0 atom stereocenters. The molecule has 1 N–H and O–H groups in total. The van der Waals surface area contributed by atoms with Gasteiger partial charge in [-0.15, -0.1) is 0 Å². The number of rotatable bonds is 9. The Bertz CT molecular complexity index is 888. The minimum Gasteiger partial charge on any atom is -0.493 e. The molecule has 6 nitrogen and oxygen atoms in total. The molecule has 0 unspecified atom stereocenters. The van der Waals surface area contributed by atoms with Crippen molar-refractivity contribution in [2.24, 2.45) is 0 Å². The largest absolute Gasteiger partial charge is 0.493 e. The quantitative estimate of drug-likeness (QED) is 0.462. The smallest absolute Gasteiger partial charge is 0.310 e. The highest BCUT2D eigenvalue weighted by Gasteiger charge is 2.14. The summed E-state index contributed by atoms with van der Waals surface area (Å²) in [5.41, 5.74) is 2.79. The van der Waals surface area contributed by atoms with Crippen molar-refractivity contribution in [1.82, 2.24) is 4.98 Å². The third-order valence-electron chi connectivity index (χ3n) is 4.17. The normalized spacial score (nSPS) is 10.7. The summed E-state index contributed by atoms with van der Waals surface area (Å²) in [6, 6.07) is 13.7. The first-order chi connectivity index (χ1) is 13.2. The lowest BCUT2D eigenvalue weighted by molar-refractivity contribution is -0.144. The Hall–Kier alpha value is -2.99. The molecular formula is C21H23NO5. The van der Waals surface area contributed by atoms with E-state index in [2.05, 4.69) is 4.98 Å². The molecule has 3 rings (SSSR count). The molecule has 0 fully saturated rings. The topological polar surface area (TPSA) is 69.8 Å². The standard InChI is InChI=1S/C21H23NO5/c1-24-8-9-26-21(23)10-16-13-22-18-12-19(25-2)20(11-17(16)18)27-14-15-6-4-3-5-7-15/h3-7,11-13,22H,8-10,14H2,1-2H3. The molecule has 3 aromatic rings. The molecule has 0 aliphatic heterocycles. The summed E-state index contributed by atoms with van der Waals surface area (Å²) in [6.45, 7) is 1.06. The zero-order valence-corrected chi connectivity index (χ0v) is 15.5. The van der Waals surface area contributed by atoms with Crippen molar-refractivity contribution in [3.8, 4) is 11.5 Å². The van der Waals surface area contributed by atoms with Gasteiger partial charge < -0.3 is 23.9 Å². The van der Waals surface area contributed by atoms with Crippen LogP contribution in [0.1, 0.15) is 11.1 Å². The Kier molecular flexibility index (Phi) is 6.33. The summed E-state index contributed by atoms with van der Waals surface area (Å²) < 4.78 is 21.4. The van der Waals surface area contributed by atoms with E-state index in [0.29, 0.717) is 24.7 Å². The lowest BCUT2D eigenvalue weighted by atomic mass is 10.1. The van der Waals surface area contributed by atoms with Gasteiger partial charge in [-0.3, -0.25) is 4.79 Å². The first kappa shape index (κ1) is 18.8. The SMILES string of the molecule is COCCOC(=O)Cc1c[nH]c2cc(OC)c(OCc3ccccc3)cc12. The van der Waals surface area contributed by atoms with Gasteiger partial charge in [-0.2, -0.15) is 0 Å². The average Bonchev–Trinajstić information content (AvgIpc) is 3.08. The first-order valence-corrected chi connectivity index (χ1v) is 8.70. The fourth-order valence-corrected chi connectivity index (χ4v) is 2.79. The Balaban J connectivity index is 1.78. The third-order valence-corrected chi connectivity index (χ3v) is 4.17. The second kappa shape index (κ2) is 9.09. The van der Waals surface area contributed by atoms with Gasteiger partial charge in [0, 0.05) is 30.3 Å². The van der Waals surface area contributed by atoms with Crippen LogP contribution < -0.4 is 9.47 Å². The van der Waals surface area contributed by atoms with Crippen molar-refractivity contribution in [3.05, 3.63) is 59.8 Å². The summed E-state index contributed by atoms with van der Waals surface area (Å²) in [7, 11) is 3.17. The predicted molar refractivity (Wildman–Crippen MR) is 102 cm³/mol. The molecule has 0 amide bonds. The maximum atomic E-state index is 12.0. The molecule has 1 heterocycles. The highest BCUT2D eigenvalue weighted by molar-refractivity contribution is 5.89. The van der Waals surface area contributed by atoms with Crippen LogP contribution in [0.5, 0.6) is 11.5 Å². The molecule has 6 heteroatoms. The van der Waals surface area contributed by atoms with Crippen LogP contribution in [0.4, 0.5) is 0 Å². The van der Waals surface area contributed by atoms with Crippen molar-refractivity contribution in [2.45, 2.75) is 13.0 Å². The molecule has 27 heavy (non-hydrogen) atoms. The van der Waals surface area contributed by atoms with Crippen molar-refractivity contribution in [3.63, 3.8) is 0 Å². The zero-order chi connectivity index (χ0) is 19.1. The van der Waals surface area contributed by atoms with Crippen molar-refractivity contribution in [1.29, 1.82) is 0 Å². The number of esters is 1. The monoisotopic (exact) mass is 369 g/mol. The highest BCUT2D eigenvalue weighted by Crippen LogP contribution is 2.34. The lowest BCUT2D eigenvalue weighted by Crippen LogP contribution is -2.11. The molecule has 0 aliphatic carbocycles. The second-order valence-electron chi connectivity index (χ2n) is 6.03. The van der Waals surface area contributed by atoms with E-state index in [-0.39, 0.29) is 19.0 Å². The van der Waals surface area contributed by atoms with Gasteiger partial charge in [0.2, 0.25) is 0 Å². The van der Waals surface area contributed by atoms with Crippen LogP contribution in [0, 0.1) is 0 Å². The van der Waals surface area contributed by atoms with Crippen molar-refractivity contribution < 1.29 is 23.7 Å². The number of aromatic amines is 1. The summed E-state index contributed by atoms with van der Waals surface area (Å²) in [5, 5.41) is 0.905. The van der Waals surface area contributed by atoms with Crippen LogP contribution in [-0.4, -0.2) is 38.4 Å². The van der Waals surface area contributed by atoms with Gasteiger partial charge in [-0.05, 0) is 17.2 Å². The Morgan fingerprint density at radius 3 is 2.59 bits per heavy atom. The van der Waals surface area contributed by atoms with Crippen molar-refractivity contribution >= 4 is 16.9 Å².